The van der Waals surface area contributed by atoms with E-state index in [9.17, 15) is 24.8 Å². The molecule has 3 atom stereocenters. The summed E-state index contributed by atoms with van der Waals surface area (Å²) in [6, 6.07) is 0. The van der Waals surface area contributed by atoms with Crippen LogP contribution in [0.15, 0.2) is 72.9 Å². The standard InChI is InChI=1S/C30H50NO8P/c1-5-6-18-21-28(32)22-19-16-14-12-10-8-7-9-11-13-15-17-20-23-30(34)37-26-29(33)27-39-40(35,36)38-25-24-31(2,3)4/h6,8-11,14-19,22,28-29,32-33H,5,7,12-13,20-21,23-27H2,1-4H3/p+1/b10-8-,11-9-,16-14-,17-15-,18-6-,22-19+/t28?,29-/m1/s1. The van der Waals surface area contributed by atoms with Crippen molar-refractivity contribution in [2.75, 3.05) is 47.5 Å². The lowest BCUT2D eigenvalue weighted by molar-refractivity contribution is -0.870. The second-order valence-electron chi connectivity index (χ2n) is 10.1. The molecule has 3 N–H and O–H groups in total. The van der Waals surface area contributed by atoms with E-state index in [0.29, 0.717) is 23.9 Å². The van der Waals surface area contributed by atoms with E-state index in [4.69, 9.17) is 13.8 Å². The van der Waals surface area contributed by atoms with Gasteiger partial charge in [0, 0.05) is 6.42 Å². The molecule has 0 saturated carbocycles. The highest BCUT2D eigenvalue weighted by Gasteiger charge is 2.29. The molecular formula is C30H51NO8P+. The molecule has 0 rings (SSSR count). The lowest BCUT2D eigenvalue weighted by Gasteiger charge is -2.25. The summed E-state index contributed by atoms with van der Waals surface area (Å²) >= 11 is 0. The number of phosphoric ester groups is 1. The van der Waals surface area contributed by atoms with Crippen LogP contribution < -0.4 is 4.89 Å². The summed E-state index contributed by atoms with van der Waals surface area (Å²) in [5.74, 6) is -0.472. The topological polar surface area (TPSA) is 129 Å². The van der Waals surface area contributed by atoms with Crippen LogP contribution in [0, 0.1) is 0 Å². The van der Waals surface area contributed by atoms with Gasteiger partial charge in [-0.1, -0.05) is 79.8 Å². The number of esters is 1. The molecule has 0 aliphatic carbocycles. The molecule has 40 heavy (non-hydrogen) atoms. The van der Waals surface area contributed by atoms with Crippen LogP contribution in [0.25, 0.3) is 0 Å². The van der Waals surface area contributed by atoms with Crippen LogP contribution in [0.2, 0.25) is 0 Å². The highest BCUT2D eigenvalue weighted by atomic mass is 31.2. The van der Waals surface area contributed by atoms with Crippen LogP contribution in [0.4, 0.5) is 0 Å². The zero-order valence-electron chi connectivity index (χ0n) is 24.6. The first-order valence-corrected chi connectivity index (χ1v) is 15.3. The number of carbonyl (C=O) groups excluding carboxylic acids is 1. The summed E-state index contributed by atoms with van der Waals surface area (Å²) in [4.78, 5) is 33.2. The van der Waals surface area contributed by atoms with E-state index in [-0.39, 0.29) is 19.6 Å². The Bertz CT molecular complexity index is 828. The zero-order chi connectivity index (χ0) is 30.1. The molecule has 0 aromatic carbocycles. The van der Waals surface area contributed by atoms with Gasteiger partial charge in [-0.3, -0.25) is 4.79 Å². The quantitative estimate of drug-likeness (QED) is 0.0538. The van der Waals surface area contributed by atoms with E-state index in [1.54, 1.807) is 6.08 Å². The monoisotopic (exact) mass is 584 g/mol. The minimum Gasteiger partial charge on any atom is -0.606 e. The summed E-state index contributed by atoms with van der Waals surface area (Å²) in [5, 5.41) is 19.6. The third-order valence-corrected chi connectivity index (χ3v) is 6.06. The third kappa shape index (κ3) is 27.6. The number of likely N-dealkylation sites (N-methyl/N-ethyl adjacent to an activating group) is 1. The molecule has 0 aromatic rings. The van der Waals surface area contributed by atoms with Crippen molar-refractivity contribution in [3.8, 4) is 0 Å². The Balaban J connectivity index is 3.86. The Kier molecular flexibility index (Phi) is 22.6. The molecule has 0 aliphatic rings. The molecule has 0 spiro atoms. The molecule has 0 heterocycles. The van der Waals surface area contributed by atoms with E-state index in [2.05, 4.69) is 25.2 Å². The summed E-state index contributed by atoms with van der Waals surface area (Å²) in [5.41, 5.74) is 0. The largest absolute Gasteiger partial charge is 0.606 e. The summed E-state index contributed by atoms with van der Waals surface area (Å²) < 4.78 is 15.1. The molecule has 0 saturated heterocycles. The van der Waals surface area contributed by atoms with Crippen molar-refractivity contribution in [1.82, 2.24) is 0 Å². The first-order chi connectivity index (χ1) is 18.9. The first-order valence-electron chi connectivity index (χ1n) is 13.8. The molecular weight excluding hydrogens is 533 g/mol. The molecule has 9 nitrogen and oxygen atoms in total. The smallest absolute Gasteiger partial charge is 0.377 e. The van der Waals surface area contributed by atoms with E-state index >= 15 is 0 Å². The van der Waals surface area contributed by atoms with Gasteiger partial charge < -0.3 is 24.3 Å². The number of hydrogen-bond donors (Lipinski definition) is 3. The molecule has 0 radical (unpaired) electrons. The molecule has 2 unspecified atom stereocenters. The average molecular weight is 585 g/mol. The van der Waals surface area contributed by atoms with Crippen molar-refractivity contribution in [2.24, 2.45) is 0 Å². The second-order valence-corrected chi connectivity index (χ2v) is 11.6. The highest BCUT2D eigenvalue weighted by Crippen LogP contribution is 2.47. The molecule has 0 amide bonds. The number of nitrogens with zero attached hydrogens (tertiary/aromatic N) is 1. The number of carbonyl (C=O) groups is 1. The highest BCUT2D eigenvalue weighted by molar-refractivity contribution is 7.52. The van der Waals surface area contributed by atoms with E-state index in [0.717, 1.165) is 25.7 Å². The fourth-order valence-corrected chi connectivity index (χ4v) is 3.57. The third-order valence-electron chi connectivity index (χ3n) is 5.08. The Hall–Kier alpha value is -1.94. The van der Waals surface area contributed by atoms with Crippen LogP contribution in [0.1, 0.15) is 51.9 Å². The van der Waals surface area contributed by atoms with Gasteiger partial charge in [-0.15, -0.1) is 0 Å². The predicted octanol–water partition coefficient (Wildman–Crippen LogP) is 4.11. The van der Waals surface area contributed by atoms with Gasteiger partial charge in [0.05, 0.1) is 27.2 Å². The van der Waals surface area contributed by atoms with Crippen molar-refractivity contribution in [2.45, 2.75) is 64.1 Å². The minimum absolute atomic E-state index is 0.0321. The number of aliphatic hydroxyl groups excluding tert-OH is 2. The van der Waals surface area contributed by atoms with Crippen LogP contribution in [0.3, 0.4) is 0 Å². The lowest BCUT2D eigenvalue weighted by atomic mass is 10.2. The van der Waals surface area contributed by atoms with Crippen molar-refractivity contribution in [3.63, 3.8) is 0 Å². The lowest BCUT2D eigenvalue weighted by Crippen LogP contribution is -2.38. The maximum absolute atomic E-state index is 11.8. The molecule has 0 aromatic heterocycles. The van der Waals surface area contributed by atoms with E-state index in [1.807, 2.05) is 69.8 Å². The Labute approximate surface area is 241 Å². The van der Waals surface area contributed by atoms with E-state index < -0.39 is 33.0 Å². The second kappa shape index (κ2) is 23.7. The van der Waals surface area contributed by atoms with Gasteiger partial charge in [-0.2, -0.15) is 13.9 Å². The first kappa shape index (κ1) is 38.1. The summed E-state index contributed by atoms with van der Waals surface area (Å²) in [6.07, 6.45) is 26.9. The Morgan fingerprint density at radius 2 is 1.50 bits per heavy atom. The number of quaternary nitrogens is 1. The maximum Gasteiger partial charge on any atom is 0.377 e. The van der Waals surface area contributed by atoms with E-state index in [1.165, 1.54) is 0 Å². The van der Waals surface area contributed by atoms with Gasteiger partial charge in [-0.05, 0) is 38.5 Å². The number of ether oxygens (including phenoxy) is 1. The molecule has 0 bridgehead atoms. The Morgan fingerprint density at radius 3 is 2.12 bits per heavy atom. The van der Waals surface area contributed by atoms with Crippen LogP contribution in [-0.4, -0.2) is 85.3 Å². The van der Waals surface area contributed by atoms with Gasteiger partial charge in [-0.25, -0.2) is 0 Å². The van der Waals surface area contributed by atoms with Crippen LogP contribution in [0.5, 0.6) is 0 Å². The SMILES string of the molecule is CC/C=C\CC(O)/C=C/C=C\C/C=C\C/C=C\C/C=C\CCC(=O)OC[C@@H](O)CO[P+]([O-])(O)OCC[N+](C)(C)C. The molecule has 0 aliphatic heterocycles. The summed E-state index contributed by atoms with van der Waals surface area (Å²) in [7, 11) is 1.48. The average Bonchev–Trinajstić information content (AvgIpc) is 2.87. The van der Waals surface area contributed by atoms with Gasteiger partial charge >= 0.3 is 14.1 Å². The van der Waals surface area contributed by atoms with Crippen LogP contribution >= 0.6 is 8.17 Å². The van der Waals surface area contributed by atoms with Crippen molar-refractivity contribution in [3.05, 3.63) is 72.9 Å². The molecule has 0 fully saturated rings. The van der Waals surface area contributed by atoms with Crippen LogP contribution in [-0.2, 0) is 18.6 Å². The predicted molar refractivity (Wildman–Crippen MR) is 160 cm³/mol. The summed E-state index contributed by atoms with van der Waals surface area (Å²) in [6.45, 7) is 1.80. The minimum atomic E-state index is -4.27. The molecule has 10 heteroatoms. The van der Waals surface area contributed by atoms with Crippen molar-refractivity contribution >= 4 is 14.1 Å². The fourth-order valence-electron chi connectivity index (χ4n) is 2.82. The number of hydrogen-bond acceptors (Lipinski definition) is 8. The van der Waals surface area contributed by atoms with Gasteiger partial charge in [0.1, 0.15) is 32.5 Å². The van der Waals surface area contributed by atoms with Crippen molar-refractivity contribution in [1.29, 1.82) is 0 Å². The maximum atomic E-state index is 11.8. The van der Waals surface area contributed by atoms with Crippen molar-refractivity contribution < 1.29 is 43.1 Å². The number of aliphatic hydroxyl groups is 2. The normalized spacial score (nSPS) is 16.3. The zero-order valence-corrected chi connectivity index (χ0v) is 25.5. The number of allylic oxidation sites excluding steroid dienone is 10. The van der Waals surface area contributed by atoms with Gasteiger partial charge in [0.25, 0.3) is 0 Å². The molecule has 228 valence electrons. The number of phosphoric acid groups is 1. The Morgan fingerprint density at radius 1 is 0.875 bits per heavy atom. The van der Waals surface area contributed by atoms with Gasteiger partial charge in [0.15, 0.2) is 0 Å². The number of rotatable bonds is 23. The van der Waals surface area contributed by atoms with Gasteiger partial charge in [0.2, 0.25) is 0 Å². The fraction of sp³-hybridized carbons (Fsp3) is 0.567.